The number of nitro groups is 2. The minimum Gasteiger partial charge on any atom is -0.272 e. The van der Waals surface area contributed by atoms with E-state index in [1.54, 1.807) is 19.1 Å². The lowest BCUT2D eigenvalue weighted by atomic mass is 10.1. The number of hydrogen-bond donors (Lipinski definition) is 2. The van der Waals surface area contributed by atoms with Gasteiger partial charge in [0.15, 0.2) is 0 Å². The first-order valence-corrected chi connectivity index (χ1v) is 8.96. The number of nitrogens with one attached hydrogen (secondary N) is 2. The molecule has 0 radical (unpaired) electrons. The van der Waals surface area contributed by atoms with Crippen molar-refractivity contribution in [3.63, 3.8) is 0 Å². The normalized spacial score (nSPS) is 11.0. The SMILES string of the molecule is CCC(C(=O)N/N=C\c1cccc([N+](=O)[O-])c1)C(=O)N/N=C\c1cccc([N+](=O)[O-])c1. The molecule has 0 aliphatic heterocycles. The summed E-state index contributed by atoms with van der Waals surface area (Å²) in [4.78, 5) is 44.9. The van der Waals surface area contributed by atoms with E-state index in [0.717, 1.165) is 0 Å². The van der Waals surface area contributed by atoms with Gasteiger partial charge in [-0.3, -0.25) is 29.8 Å². The summed E-state index contributed by atoms with van der Waals surface area (Å²) in [6.45, 7) is 1.62. The highest BCUT2D eigenvalue weighted by Gasteiger charge is 2.24. The zero-order valence-corrected chi connectivity index (χ0v) is 16.3. The molecule has 0 atom stereocenters. The van der Waals surface area contributed by atoms with Crippen molar-refractivity contribution in [3.8, 4) is 0 Å². The maximum absolute atomic E-state index is 12.2. The van der Waals surface area contributed by atoms with Gasteiger partial charge in [-0.05, 0) is 6.42 Å². The van der Waals surface area contributed by atoms with Crippen molar-refractivity contribution in [2.45, 2.75) is 13.3 Å². The third kappa shape index (κ3) is 6.81. The van der Waals surface area contributed by atoms with E-state index >= 15 is 0 Å². The van der Waals surface area contributed by atoms with Crippen LogP contribution in [0.5, 0.6) is 0 Å². The molecule has 0 saturated heterocycles. The molecule has 2 aromatic rings. The van der Waals surface area contributed by atoms with Crippen LogP contribution in [0.25, 0.3) is 0 Å². The van der Waals surface area contributed by atoms with E-state index in [1.165, 1.54) is 48.8 Å². The highest BCUT2D eigenvalue weighted by atomic mass is 16.6. The number of benzene rings is 2. The van der Waals surface area contributed by atoms with E-state index in [0.29, 0.717) is 11.1 Å². The summed E-state index contributed by atoms with van der Waals surface area (Å²) in [5.74, 6) is -2.47. The predicted molar refractivity (Wildman–Crippen MR) is 111 cm³/mol. The monoisotopic (exact) mass is 426 g/mol. The highest BCUT2D eigenvalue weighted by Crippen LogP contribution is 2.12. The number of rotatable bonds is 9. The number of non-ortho nitro benzene ring substituents is 2. The number of hydrogen-bond acceptors (Lipinski definition) is 8. The average molecular weight is 426 g/mol. The molecule has 0 aliphatic carbocycles. The summed E-state index contributed by atoms with van der Waals surface area (Å²) in [7, 11) is 0. The van der Waals surface area contributed by atoms with Gasteiger partial charge in [0, 0.05) is 35.4 Å². The van der Waals surface area contributed by atoms with E-state index < -0.39 is 27.6 Å². The smallest absolute Gasteiger partial charge is 0.270 e. The third-order valence-electron chi connectivity index (χ3n) is 3.98. The van der Waals surface area contributed by atoms with Crippen LogP contribution in [0, 0.1) is 26.1 Å². The van der Waals surface area contributed by atoms with Gasteiger partial charge in [-0.2, -0.15) is 10.2 Å². The van der Waals surface area contributed by atoms with Crippen LogP contribution in [-0.2, 0) is 9.59 Å². The van der Waals surface area contributed by atoms with Crippen LogP contribution >= 0.6 is 0 Å². The maximum atomic E-state index is 12.2. The lowest BCUT2D eigenvalue weighted by molar-refractivity contribution is -0.385. The molecule has 160 valence electrons. The Morgan fingerprint density at radius 2 is 1.32 bits per heavy atom. The Labute approximate surface area is 176 Å². The second-order valence-corrected chi connectivity index (χ2v) is 6.13. The van der Waals surface area contributed by atoms with Crippen LogP contribution in [0.3, 0.4) is 0 Å². The number of nitrogens with zero attached hydrogens (tertiary/aromatic N) is 4. The van der Waals surface area contributed by atoms with Crippen LogP contribution in [0.15, 0.2) is 58.7 Å². The van der Waals surface area contributed by atoms with Gasteiger partial charge in [0.2, 0.25) is 0 Å². The predicted octanol–water partition coefficient (Wildman–Crippen LogP) is 2.13. The Kier molecular flexibility index (Phi) is 8.02. The molecule has 12 nitrogen and oxygen atoms in total. The molecule has 0 unspecified atom stereocenters. The Bertz CT molecular complexity index is 970. The minimum atomic E-state index is -1.09. The molecule has 0 spiro atoms. The zero-order chi connectivity index (χ0) is 22.8. The van der Waals surface area contributed by atoms with Crippen molar-refractivity contribution in [3.05, 3.63) is 79.9 Å². The molecule has 2 aromatic carbocycles. The van der Waals surface area contributed by atoms with Crippen LogP contribution in [0.2, 0.25) is 0 Å². The summed E-state index contributed by atoms with van der Waals surface area (Å²) in [5, 5.41) is 29.0. The highest BCUT2D eigenvalue weighted by molar-refractivity contribution is 6.00. The standard InChI is InChI=1S/C19H18N6O6/c1-2-17(18(26)22-20-11-13-5-3-7-15(9-13)24(28)29)19(27)23-21-12-14-6-4-8-16(10-14)25(30)31/h3-12,17H,2H2,1H3,(H,22,26)(H,23,27)/b20-11-,21-12-. The van der Waals surface area contributed by atoms with Crippen LogP contribution in [-0.4, -0.2) is 34.1 Å². The first-order valence-electron chi connectivity index (χ1n) is 8.96. The van der Waals surface area contributed by atoms with E-state index in [4.69, 9.17) is 0 Å². The molecule has 0 aromatic heterocycles. The molecule has 0 heterocycles. The molecule has 2 N–H and O–H groups in total. The summed E-state index contributed by atoms with van der Waals surface area (Å²) >= 11 is 0. The summed E-state index contributed by atoms with van der Waals surface area (Å²) in [6, 6.07) is 11.3. The Morgan fingerprint density at radius 3 is 1.68 bits per heavy atom. The zero-order valence-electron chi connectivity index (χ0n) is 16.3. The van der Waals surface area contributed by atoms with Crippen molar-refractivity contribution in [1.29, 1.82) is 0 Å². The Hall–Kier alpha value is -4.48. The average Bonchev–Trinajstić information content (AvgIpc) is 2.74. The largest absolute Gasteiger partial charge is 0.272 e. The number of carbonyl (C=O) groups excluding carboxylic acids is 2. The van der Waals surface area contributed by atoms with E-state index in [1.807, 2.05) is 0 Å². The Balaban J connectivity index is 1.94. The van der Waals surface area contributed by atoms with Crippen molar-refractivity contribution in [2.24, 2.45) is 16.1 Å². The third-order valence-corrected chi connectivity index (χ3v) is 3.98. The number of hydrazone groups is 2. The van der Waals surface area contributed by atoms with Crippen LogP contribution in [0.4, 0.5) is 11.4 Å². The van der Waals surface area contributed by atoms with Gasteiger partial charge in [-0.1, -0.05) is 31.2 Å². The molecule has 0 fully saturated rings. The number of amides is 2. The molecule has 0 bridgehead atoms. The second kappa shape index (κ2) is 10.9. The van der Waals surface area contributed by atoms with Crippen LogP contribution < -0.4 is 10.9 Å². The van der Waals surface area contributed by atoms with E-state index in [9.17, 15) is 29.8 Å². The molecule has 0 saturated carbocycles. The second-order valence-electron chi connectivity index (χ2n) is 6.13. The summed E-state index contributed by atoms with van der Waals surface area (Å²) in [5.41, 5.74) is 4.97. The number of nitro benzene ring substituents is 2. The summed E-state index contributed by atoms with van der Waals surface area (Å²) in [6.07, 6.45) is 2.60. The van der Waals surface area contributed by atoms with Crippen molar-refractivity contribution >= 4 is 35.6 Å². The summed E-state index contributed by atoms with van der Waals surface area (Å²) < 4.78 is 0. The van der Waals surface area contributed by atoms with Crippen molar-refractivity contribution in [1.82, 2.24) is 10.9 Å². The minimum absolute atomic E-state index is 0.123. The molecule has 0 aliphatic rings. The van der Waals surface area contributed by atoms with Crippen molar-refractivity contribution < 1.29 is 19.4 Å². The fourth-order valence-electron chi connectivity index (χ4n) is 2.42. The lowest BCUT2D eigenvalue weighted by Crippen LogP contribution is -2.37. The molecule has 12 heteroatoms. The van der Waals surface area contributed by atoms with Crippen molar-refractivity contribution in [2.75, 3.05) is 0 Å². The first-order chi connectivity index (χ1) is 14.8. The van der Waals surface area contributed by atoms with Gasteiger partial charge in [-0.15, -0.1) is 0 Å². The topological polar surface area (TPSA) is 169 Å². The lowest BCUT2D eigenvalue weighted by Gasteiger charge is -2.10. The van der Waals surface area contributed by atoms with E-state index in [2.05, 4.69) is 21.1 Å². The van der Waals surface area contributed by atoms with Gasteiger partial charge in [0.05, 0.1) is 22.3 Å². The molecule has 2 rings (SSSR count). The Morgan fingerprint density at radius 1 is 0.903 bits per heavy atom. The van der Waals surface area contributed by atoms with Gasteiger partial charge < -0.3 is 0 Å². The van der Waals surface area contributed by atoms with Gasteiger partial charge in [-0.25, -0.2) is 10.9 Å². The quantitative estimate of drug-likeness (QED) is 0.269. The molecular weight excluding hydrogens is 408 g/mol. The fraction of sp³-hybridized carbons (Fsp3) is 0.158. The molecule has 2 amide bonds. The maximum Gasteiger partial charge on any atom is 0.270 e. The fourth-order valence-corrected chi connectivity index (χ4v) is 2.42. The van der Waals surface area contributed by atoms with Gasteiger partial charge in [0.25, 0.3) is 23.2 Å². The van der Waals surface area contributed by atoms with Gasteiger partial charge in [0.1, 0.15) is 5.92 Å². The number of carbonyl (C=O) groups is 2. The molecular formula is C19H18N6O6. The van der Waals surface area contributed by atoms with E-state index in [-0.39, 0.29) is 17.8 Å². The first kappa shape index (κ1) is 22.8. The molecule has 31 heavy (non-hydrogen) atoms. The van der Waals surface area contributed by atoms with Gasteiger partial charge >= 0.3 is 0 Å². The van der Waals surface area contributed by atoms with Crippen LogP contribution in [0.1, 0.15) is 24.5 Å².